The zero-order valence-corrected chi connectivity index (χ0v) is 19.5. The fourth-order valence-electron chi connectivity index (χ4n) is 3.61. The molecule has 8 heteroatoms. The molecule has 0 aliphatic carbocycles. The smallest absolute Gasteiger partial charge is 0.265 e. The lowest BCUT2D eigenvalue weighted by Gasteiger charge is -2.29. The predicted octanol–water partition coefficient (Wildman–Crippen LogP) is 4.16. The number of amides is 2. The molecule has 1 N–H and O–H groups in total. The van der Waals surface area contributed by atoms with Crippen molar-refractivity contribution < 1.29 is 28.5 Å². The van der Waals surface area contributed by atoms with Crippen molar-refractivity contribution in [1.82, 2.24) is 0 Å². The summed E-state index contributed by atoms with van der Waals surface area (Å²) >= 11 is 0. The molecule has 0 fully saturated rings. The normalized spacial score (nSPS) is 12.6. The average molecular weight is 475 g/mol. The summed E-state index contributed by atoms with van der Waals surface area (Å²) in [7, 11) is 3.12. The molecular formula is C27H26N2O6. The van der Waals surface area contributed by atoms with Crippen LogP contribution in [0, 0.1) is 0 Å². The summed E-state index contributed by atoms with van der Waals surface area (Å²) in [6.07, 6.45) is 3.10. The fraction of sp³-hybridized carbons (Fsp3) is 0.185. The molecule has 3 aromatic carbocycles. The van der Waals surface area contributed by atoms with Crippen LogP contribution in [0.4, 0.5) is 11.4 Å². The highest BCUT2D eigenvalue weighted by atomic mass is 16.5. The SMILES string of the molecule is COc1ccc(/C=C/C(=O)Nc2ccc3c(c2)N(CCOc2ccccc2)C(=O)CO3)cc1OC. The molecule has 2 amide bonds. The number of rotatable bonds is 9. The van der Waals surface area contributed by atoms with E-state index >= 15 is 0 Å². The van der Waals surface area contributed by atoms with Crippen LogP contribution >= 0.6 is 0 Å². The molecule has 1 aliphatic rings. The largest absolute Gasteiger partial charge is 0.493 e. The monoisotopic (exact) mass is 474 g/mol. The number of nitrogens with one attached hydrogen (secondary N) is 1. The minimum Gasteiger partial charge on any atom is -0.493 e. The Labute approximate surface area is 203 Å². The van der Waals surface area contributed by atoms with Crippen LogP contribution in [0.1, 0.15) is 5.56 Å². The summed E-state index contributed by atoms with van der Waals surface area (Å²) in [6, 6.07) is 20.0. The van der Waals surface area contributed by atoms with Crippen LogP contribution in [0.3, 0.4) is 0 Å². The number of benzene rings is 3. The molecule has 0 aromatic heterocycles. The van der Waals surface area contributed by atoms with Crippen LogP contribution < -0.4 is 29.2 Å². The summed E-state index contributed by atoms with van der Waals surface area (Å²) in [4.78, 5) is 26.6. The van der Waals surface area contributed by atoms with Crippen LogP contribution in [0.2, 0.25) is 0 Å². The van der Waals surface area contributed by atoms with E-state index in [4.69, 9.17) is 18.9 Å². The van der Waals surface area contributed by atoms with Gasteiger partial charge in [-0.1, -0.05) is 24.3 Å². The summed E-state index contributed by atoms with van der Waals surface area (Å²) in [5.41, 5.74) is 1.91. The van der Waals surface area contributed by atoms with Gasteiger partial charge >= 0.3 is 0 Å². The van der Waals surface area contributed by atoms with Crippen LogP contribution in [-0.4, -0.2) is 45.8 Å². The highest BCUT2D eigenvalue weighted by Crippen LogP contribution is 2.34. The van der Waals surface area contributed by atoms with Gasteiger partial charge in [0.2, 0.25) is 5.91 Å². The van der Waals surface area contributed by atoms with Crippen LogP contribution in [-0.2, 0) is 9.59 Å². The predicted molar refractivity (Wildman–Crippen MR) is 133 cm³/mol. The van der Waals surface area contributed by atoms with Crippen molar-refractivity contribution in [2.75, 3.05) is 44.2 Å². The standard InChI is InChI=1S/C27H26N2O6/c1-32-24-11-8-19(16-25(24)33-2)9-13-26(30)28-20-10-12-23-22(17-20)29(27(31)18-35-23)14-15-34-21-6-4-3-5-7-21/h3-13,16-17H,14-15,18H2,1-2H3,(H,28,30)/b13-9+. The van der Waals surface area contributed by atoms with E-state index in [0.717, 1.165) is 11.3 Å². The molecule has 0 spiro atoms. The van der Waals surface area contributed by atoms with Gasteiger partial charge in [0.25, 0.3) is 5.91 Å². The Kier molecular flexibility index (Phi) is 7.52. The third-order valence-corrected chi connectivity index (χ3v) is 5.33. The Morgan fingerprint density at radius 2 is 1.83 bits per heavy atom. The molecule has 0 saturated carbocycles. The first-order chi connectivity index (χ1) is 17.1. The molecule has 1 heterocycles. The van der Waals surface area contributed by atoms with Crippen molar-refractivity contribution in [1.29, 1.82) is 0 Å². The second kappa shape index (κ2) is 11.1. The van der Waals surface area contributed by atoms with Gasteiger partial charge in [0.1, 0.15) is 18.1 Å². The van der Waals surface area contributed by atoms with E-state index in [9.17, 15) is 9.59 Å². The topological polar surface area (TPSA) is 86.3 Å². The quantitative estimate of drug-likeness (QED) is 0.469. The van der Waals surface area contributed by atoms with Gasteiger partial charge < -0.3 is 29.2 Å². The van der Waals surface area contributed by atoms with Gasteiger partial charge in [0.05, 0.1) is 26.5 Å². The number of anilines is 2. The number of para-hydroxylation sites is 1. The number of hydrogen-bond acceptors (Lipinski definition) is 6. The van der Waals surface area contributed by atoms with Gasteiger partial charge in [-0.2, -0.15) is 0 Å². The van der Waals surface area contributed by atoms with Crippen LogP contribution in [0.5, 0.6) is 23.0 Å². The lowest BCUT2D eigenvalue weighted by molar-refractivity contribution is -0.121. The Balaban J connectivity index is 1.42. The number of carbonyl (C=O) groups excluding carboxylic acids is 2. The molecule has 8 nitrogen and oxygen atoms in total. The van der Waals surface area contributed by atoms with Crippen LogP contribution in [0.15, 0.2) is 72.8 Å². The van der Waals surface area contributed by atoms with Crippen LogP contribution in [0.25, 0.3) is 6.08 Å². The maximum absolute atomic E-state index is 12.5. The van der Waals surface area contributed by atoms with Crippen molar-refractivity contribution in [3.05, 3.63) is 78.4 Å². The van der Waals surface area contributed by atoms with Gasteiger partial charge in [0, 0.05) is 11.8 Å². The van der Waals surface area contributed by atoms with Crippen molar-refractivity contribution in [3.8, 4) is 23.0 Å². The zero-order chi connectivity index (χ0) is 24.6. The lowest BCUT2D eigenvalue weighted by atomic mass is 10.2. The van der Waals surface area contributed by atoms with E-state index in [2.05, 4.69) is 5.32 Å². The summed E-state index contributed by atoms with van der Waals surface area (Å²) in [5, 5.41) is 2.82. The molecule has 0 unspecified atom stereocenters. The molecule has 0 radical (unpaired) electrons. The van der Waals surface area contributed by atoms with Gasteiger partial charge in [0.15, 0.2) is 18.1 Å². The molecule has 180 valence electrons. The van der Waals surface area contributed by atoms with E-state index in [1.165, 1.54) is 6.08 Å². The maximum atomic E-state index is 12.5. The van der Waals surface area contributed by atoms with E-state index in [1.54, 1.807) is 55.5 Å². The molecule has 0 saturated heterocycles. The summed E-state index contributed by atoms with van der Waals surface area (Å²) < 4.78 is 21.8. The maximum Gasteiger partial charge on any atom is 0.265 e. The second-order valence-corrected chi connectivity index (χ2v) is 7.62. The Bertz CT molecular complexity index is 1230. The second-order valence-electron chi connectivity index (χ2n) is 7.62. The number of fused-ring (bicyclic) bond motifs is 1. The van der Waals surface area contributed by atoms with Gasteiger partial charge in [-0.15, -0.1) is 0 Å². The van der Waals surface area contributed by atoms with E-state index in [0.29, 0.717) is 41.8 Å². The first-order valence-electron chi connectivity index (χ1n) is 11.0. The minimum absolute atomic E-state index is 0.0435. The summed E-state index contributed by atoms with van der Waals surface area (Å²) in [5.74, 6) is 2.00. The third kappa shape index (κ3) is 5.92. The molecule has 1 aliphatic heterocycles. The molecule has 0 bridgehead atoms. The number of ether oxygens (including phenoxy) is 4. The van der Waals surface area contributed by atoms with Gasteiger partial charge in [-0.05, 0) is 54.1 Å². The average Bonchev–Trinajstić information content (AvgIpc) is 2.89. The highest BCUT2D eigenvalue weighted by Gasteiger charge is 2.26. The highest BCUT2D eigenvalue weighted by molar-refractivity contribution is 6.03. The summed E-state index contributed by atoms with van der Waals surface area (Å²) in [6.45, 7) is 0.624. The molecule has 35 heavy (non-hydrogen) atoms. The molecular weight excluding hydrogens is 448 g/mol. The van der Waals surface area contributed by atoms with Crippen molar-refractivity contribution >= 4 is 29.3 Å². The Hall–Kier alpha value is -4.46. The Morgan fingerprint density at radius 3 is 2.60 bits per heavy atom. The Morgan fingerprint density at radius 1 is 1.03 bits per heavy atom. The fourth-order valence-corrected chi connectivity index (χ4v) is 3.61. The first kappa shape index (κ1) is 23.7. The van der Waals surface area contributed by atoms with Crippen molar-refractivity contribution in [2.24, 2.45) is 0 Å². The van der Waals surface area contributed by atoms with E-state index < -0.39 is 0 Å². The molecule has 4 rings (SSSR count). The minimum atomic E-state index is -0.318. The zero-order valence-electron chi connectivity index (χ0n) is 19.5. The molecule has 3 aromatic rings. The van der Waals surface area contributed by atoms with E-state index in [1.807, 2.05) is 36.4 Å². The van der Waals surface area contributed by atoms with E-state index in [-0.39, 0.29) is 18.4 Å². The van der Waals surface area contributed by atoms with Crippen molar-refractivity contribution in [2.45, 2.75) is 0 Å². The van der Waals surface area contributed by atoms with Gasteiger partial charge in [-0.25, -0.2) is 0 Å². The lowest BCUT2D eigenvalue weighted by Crippen LogP contribution is -2.41. The number of carbonyl (C=O) groups is 2. The molecule has 0 atom stereocenters. The number of nitrogens with zero attached hydrogens (tertiary/aromatic N) is 1. The third-order valence-electron chi connectivity index (χ3n) is 5.33. The number of methoxy groups -OCH3 is 2. The van der Waals surface area contributed by atoms with Gasteiger partial charge in [-0.3, -0.25) is 9.59 Å². The first-order valence-corrected chi connectivity index (χ1v) is 11.0. The van der Waals surface area contributed by atoms with Crippen molar-refractivity contribution in [3.63, 3.8) is 0 Å². The number of hydrogen-bond donors (Lipinski definition) is 1.